The van der Waals surface area contributed by atoms with Crippen LogP contribution in [0.4, 0.5) is 11.4 Å². The van der Waals surface area contributed by atoms with Crippen molar-refractivity contribution < 1.29 is 14.5 Å². The van der Waals surface area contributed by atoms with Gasteiger partial charge in [-0.2, -0.15) is 0 Å². The van der Waals surface area contributed by atoms with Crippen LogP contribution in [0, 0.1) is 10.1 Å². The van der Waals surface area contributed by atoms with Crippen LogP contribution < -0.4 is 10.6 Å². The summed E-state index contributed by atoms with van der Waals surface area (Å²) < 4.78 is 0. The summed E-state index contributed by atoms with van der Waals surface area (Å²) in [6.45, 7) is -0.0102. The number of benzene rings is 1. The lowest BCUT2D eigenvalue weighted by molar-refractivity contribution is -0.384. The molecule has 0 heterocycles. The Kier molecular flexibility index (Phi) is 4.63. The van der Waals surface area contributed by atoms with E-state index in [2.05, 4.69) is 0 Å². The first-order valence-corrected chi connectivity index (χ1v) is 5.73. The fraction of sp³-hybridized carbons (Fsp3) is 0.333. The molecule has 1 rings (SSSR count). The van der Waals surface area contributed by atoms with Gasteiger partial charge in [-0.1, -0.05) is 0 Å². The fourth-order valence-electron chi connectivity index (χ4n) is 1.58. The number of anilines is 1. The quantitative estimate of drug-likeness (QED) is 0.612. The van der Waals surface area contributed by atoms with E-state index in [1.165, 1.54) is 21.9 Å². The number of hydrogen-bond donors (Lipinski definition) is 1. The second-order valence-electron chi connectivity index (χ2n) is 4.47. The predicted octanol–water partition coefficient (Wildman–Crippen LogP) is 0.218. The molecule has 2 N–H and O–H groups in total. The second kappa shape index (κ2) is 6.00. The summed E-state index contributed by atoms with van der Waals surface area (Å²) in [5, 5.41) is 11.1. The van der Waals surface area contributed by atoms with Gasteiger partial charge in [0.1, 0.15) is 5.69 Å². The van der Waals surface area contributed by atoms with Gasteiger partial charge in [0.2, 0.25) is 11.8 Å². The Morgan fingerprint density at radius 2 is 1.90 bits per heavy atom. The number of carbonyl (C=O) groups excluding carboxylic acids is 2. The van der Waals surface area contributed by atoms with Crippen LogP contribution in [0.15, 0.2) is 18.2 Å². The van der Waals surface area contributed by atoms with Crippen molar-refractivity contribution in [2.75, 3.05) is 32.6 Å². The average Bonchev–Trinajstić information content (AvgIpc) is 2.37. The SMILES string of the molecule is CN(C)C(=O)CN(C)c1ccc(C(N)=O)cc1[N+](=O)[O-]. The van der Waals surface area contributed by atoms with Gasteiger partial charge in [-0.15, -0.1) is 0 Å². The van der Waals surface area contributed by atoms with E-state index in [9.17, 15) is 19.7 Å². The number of nitro groups is 1. The Bertz CT molecular complexity index is 556. The Balaban J connectivity index is 3.14. The van der Waals surface area contributed by atoms with Crippen molar-refractivity contribution in [1.29, 1.82) is 0 Å². The Morgan fingerprint density at radius 1 is 1.30 bits per heavy atom. The standard InChI is InChI=1S/C12H16N4O4/c1-14(2)11(17)7-15(3)9-5-4-8(12(13)18)6-10(9)16(19)20/h4-6H,7H2,1-3H3,(H2,13,18). The summed E-state index contributed by atoms with van der Waals surface area (Å²) in [5.41, 5.74) is 5.12. The van der Waals surface area contributed by atoms with E-state index in [4.69, 9.17) is 5.73 Å². The summed E-state index contributed by atoms with van der Waals surface area (Å²) in [6, 6.07) is 3.90. The zero-order valence-corrected chi connectivity index (χ0v) is 11.5. The lowest BCUT2D eigenvalue weighted by atomic mass is 10.1. The van der Waals surface area contributed by atoms with Crippen molar-refractivity contribution in [2.45, 2.75) is 0 Å². The van der Waals surface area contributed by atoms with Crippen molar-refractivity contribution in [2.24, 2.45) is 5.73 Å². The van der Waals surface area contributed by atoms with Crippen molar-refractivity contribution in [3.63, 3.8) is 0 Å². The van der Waals surface area contributed by atoms with Crippen LogP contribution in [0.25, 0.3) is 0 Å². The first kappa shape index (κ1) is 15.4. The van der Waals surface area contributed by atoms with Crippen molar-refractivity contribution >= 4 is 23.2 Å². The largest absolute Gasteiger partial charge is 0.366 e. The second-order valence-corrected chi connectivity index (χ2v) is 4.47. The summed E-state index contributed by atoms with van der Waals surface area (Å²) in [5.74, 6) is -0.938. The molecule has 0 aliphatic heterocycles. The van der Waals surface area contributed by atoms with Crippen LogP contribution in [0.2, 0.25) is 0 Å². The van der Waals surface area contributed by atoms with E-state index in [0.29, 0.717) is 0 Å². The monoisotopic (exact) mass is 280 g/mol. The molecule has 0 unspecified atom stereocenters. The van der Waals surface area contributed by atoms with E-state index in [1.807, 2.05) is 0 Å². The van der Waals surface area contributed by atoms with Gasteiger partial charge in [-0.05, 0) is 12.1 Å². The third kappa shape index (κ3) is 3.44. The van der Waals surface area contributed by atoms with E-state index < -0.39 is 10.8 Å². The maximum Gasteiger partial charge on any atom is 0.293 e. The first-order valence-electron chi connectivity index (χ1n) is 5.73. The maximum atomic E-state index is 11.6. The number of hydrogen-bond acceptors (Lipinski definition) is 5. The lowest BCUT2D eigenvalue weighted by Crippen LogP contribution is -2.34. The molecule has 20 heavy (non-hydrogen) atoms. The Morgan fingerprint density at radius 3 is 2.35 bits per heavy atom. The highest BCUT2D eigenvalue weighted by atomic mass is 16.6. The fourth-order valence-corrected chi connectivity index (χ4v) is 1.58. The minimum atomic E-state index is -0.744. The lowest BCUT2D eigenvalue weighted by Gasteiger charge is -2.21. The van der Waals surface area contributed by atoms with Crippen molar-refractivity contribution in [3.8, 4) is 0 Å². The van der Waals surface area contributed by atoms with Gasteiger partial charge in [0.05, 0.1) is 11.5 Å². The third-order valence-electron chi connectivity index (χ3n) is 2.74. The van der Waals surface area contributed by atoms with E-state index in [1.54, 1.807) is 21.1 Å². The van der Waals surface area contributed by atoms with Crippen LogP contribution >= 0.6 is 0 Å². The van der Waals surface area contributed by atoms with Crippen molar-refractivity contribution in [1.82, 2.24) is 4.90 Å². The molecule has 0 fully saturated rings. The molecule has 108 valence electrons. The van der Waals surface area contributed by atoms with Crippen LogP contribution in [0.3, 0.4) is 0 Å². The van der Waals surface area contributed by atoms with E-state index in [-0.39, 0.29) is 29.4 Å². The van der Waals surface area contributed by atoms with E-state index >= 15 is 0 Å². The average molecular weight is 280 g/mol. The molecule has 0 saturated heterocycles. The highest BCUT2D eigenvalue weighted by molar-refractivity contribution is 5.94. The number of carbonyl (C=O) groups is 2. The number of rotatable bonds is 5. The van der Waals surface area contributed by atoms with Gasteiger partial charge in [0.15, 0.2) is 0 Å². The molecule has 0 radical (unpaired) electrons. The minimum Gasteiger partial charge on any atom is -0.366 e. The maximum absolute atomic E-state index is 11.6. The number of nitrogens with two attached hydrogens (primary N) is 1. The van der Waals surface area contributed by atoms with Crippen LogP contribution in [0.5, 0.6) is 0 Å². The summed E-state index contributed by atoms with van der Waals surface area (Å²) in [7, 11) is 4.76. The van der Waals surface area contributed by atoms with Gasteiger partial charge >= 0.3 is 0 Å². The Labute approximate surface area is 115 Å². The first-order chi connectivity index (χ1) is 9.23. The number of primary amides is 1. The van der Waals surface area contributed by atoms with Crippen LogP contribution in [0.1, 0.15) is 10.4 Å². The Hall–Kier alpha value is -2.64. The molecule has 0 saturated carbocycles. The molecule has 0 aliphatic rings. The van der Waals surface area contributed by atoms with Crippen LogP contribution in [-0.4, -0.2) is 49.3 Å². The molecule has 0 aromatic heterocycles. The third-order valence-corrected chi connectivity index (χ3v) is 2.74. The molecule has 2 amide bonds. The molecular weight excluding hydrogens is 264 g/mol. The molecule has 0 spiro atoms. The van der Waals surface area contributed by atoms with Crippen molar-refractivity contribution in [3.05, 3.63) is 33.9 Å². The molecule has 1 aromatic rings. The summed E-state index contributed by atoms with van der Waals surface area (Å²) in [6.07, 6.45) is 0. The molecule has 8 nitrogen and oxygen atoms in total. The molecule has 0 bridgehead atoms. The highest BCUT2D eigenvalue weighted by Gasteiger charge is 2.21. The molecular formula is C12H16N4O4. The normalized spacial score (nSPS) is 9.95. The topological polar surface area (TPSA) is 110 Å². The molecule has 0 aliphatic carbocycles. The van der Waals surface area contributed by atoms with Gasteiger partial charge < -0.3 is 15.5 Å². The molecule has 0 atom stereocenters. The van der Waals surface area contributed by atoms with Gasteiger partial charge in [-0.25, -0.2) is 0 Å². The zero-order valence-electron chi connectivity index (χ0n) is 11.5. The zero-order chi connectivity index (χ0) is 15.4. The molecule has 1 aromatic carbocycles. The van der Waals surface area contributed by atoms with Gasteiger partial charge in [-0.3, -0.25) is 19.7 Å². The molecule has 8 heteroatoms. The smallest absolute Gasteiger partial charge is 0.293 e. The number of amides is 2. The number of likely N-dealkylation sites (N-methyl/N-ethyl adjacent to an activating group) is 2. The predicted molar refractivity (Wildman–Crippen MR) is 73.6 cm³/mol. The van der Waals surface area contributed by atoms with E-state index in [0.717, 1.165) is 6.07 Å². The van der Waals surface area contributed by atoms with Gasteiger partial charge in [0, 0.05) is 32.8 Å². The van der Waals surface area contributed by atoms with Crippen LogP contribution in [-0.2, 0) is 4.79 Å². The number of nitro benzene ring substituents is 1. The minimum absolute atomic E-state index is 0.0102. The summed E-state index contributed by atoms with van der Waals surface area (Å²) in [4.78, 5) is 36.0. The van der Waals surface area contributed by atoms with Gasteiger partial charge in [0.25, 0.3) is 5.69 Å². The highest BCUT2D eigenvalue weighted by Crippen LogP contribution is 2.28. The summed E-state index contributed by atoms with van der Waals surface area (Å²) >= 11 is 0. The number of nitrogens with zero attached hydrogens (tertiary/aromatic N) is 3.